The van der Waals surface area contributed by atoms with Crippen LogP contribution in [0.1, 0.15) is 24.3 Å². The van der Waals surface area contributed by atoms with Crippen molar-refractivity contribution in [2.45, 2.75) is 32.3 Å². The van der Waals surface area contributed by atoms with Crippen LogP contribution in [0.2, 0.25) is 0 Å². The Morgan fingerprint density at radius 1 is 1.45 bits per heavy atom. The van der Waals surface area contributed by atoms with Crippen LogP contribution in [0.4, 0.5) is 0 Å². The Morgan fingerprint density at radius 2 is 2.18 bits per heavy atom. The van der Waals surface area contributed by atoms with Gasteiger partial charge in [0, 0.05) is 37.4 Å². The molecule has 1 aromatic heterocycles. The number of piperidine rings is 1. The van der Waals surface area contributed by atoms with Crippen LogP contribution in [0.5, 0.6) is 0 Å². The van der Waals surface area contributed by atoms with Crippen LogP contribution in [0.3, 0.4) is 0 Å². The number of halogens is 1. The smallest absolute Gasteiger partial charge is 0.225 e. The molecule has 2 fully saturated rings. The molecule has 3 heterocycles. The zero-order valence-corrected chi connectivity index (χ0v) is 13.6. The number of likely N-dealkylation sites (tertiary alicyclic amines) is 1. The lowest BCUT2D eigenvalue weighted by molar-refractivity contribution is -0.135. The van der Waals surface area contributed by atoms with Crippen molar-refractivity contribution in [3.8, 4) is 0 Å². The molecule has 124 valence electrons. The molecule has 1 amide bonds. The first kappa shape index (κ1) is 17.2. The van der Waals surface area contributed by atoms with Gasteiger partial charge >= 0.3 is 0 Å². The predicted octanol–water partition coefficient (Wildman–Crippen LogP) is 0.766. The number of aryl methyl sites for hydroxylation is 1. The van der Waals surface area contributed by atoms with E-state index in [4.69, 9.17) is 4.52 Å². The molecular weight excluding hydrogens is 306 g/mol. The zero-order chi connectivity index (χ0) is 14.8. The molecule has 0 bridgehead atoms. The number of rotatable bonds is 3. The summed E-state index contributed by atoms with van der Waals surface area (Å²) in [5.74, 6) is 1.15. The van der Waals surface area contributed by atoms with Gasteiger partial charge in [0.05, 0.1) is 11.8 Å². The number of nitrogens with one attached hydrogen (secondary N) is 1. The summed E-state index contributed by atoms with van der Waals surface area (Å²) in [6, 6.07) is 1.89. The minimum absolute atomic E-state index is 0. The molecule has 2 aliphatic heterocycles. The molecule has 6 nitrogen and oxygen atoms in total. The number of hydrogen-bond donors (Lipinski definition) is 2. The normalized spacial score (nSPS) is 26.0. The monoisotopic (exact) mass is 329 g/mol. The van der Waals surface area contributed by atoms with Crippen LogP contribution in [0.25, 0.3) is 0 Å². The van der Waals surface area contributed by atoms with E-state index in [2.05, 4.69) is 10.5 Å². The van der Waals surface area contributed by atoms with E-state index >= 15 is 0 Å². The summed E-state index contributed by atoms with van der Waals surface area (Å²) in [4.78, 5) is 14.3. The Balaban J connectivity index is 0.00000176. The first-order chi connectivity index (χ1) is 10.1. The first-order valence-electron chi connectivity index (χ1n) is 7.73. The highest BCUT2D eigenvalue weighted by Crippen LogP contribution is 2.25. The average molecular weight is 330 g/mol. The molecule has 7 heteroatoms. The van der Waals surface area contributed by atoms with Crippen LogP contribution in [0.15, 0.2) is 10.6 Å². The van der Waals surface area contributed by atoms with Gasteiger partial charge in [-0.2, -0.15) is 0 Å². The van der Waals surface area contributed by atoms with E-state index in [1.165, 1.54) is 0 Å². The van der Waals surface area contributed by atoms with E-state index in [1.54, 1.807) is 0 Å². The Morgan fingerprint density at radius 3 is 2.82 bits per heavy atom. The van der Waals surface area contributed by atoms with Gasteiger partial charge in [0.15, 0.2) is 0 Å². The molecule has 0 saturated carbocycles. The van der Waals surface area contributed by atoms with Gasteiger partial charge in [0.2, 0.25) is 5.91 Å². The first-order valence-corrected chi connectivity index (χ1v) is 7.73. The van der Waals surface area contributed by atoms with Crippen molar-refractivity contribution in [3.63, 3.8) is 0 Å². The third kappa shape index (κ3) is 3.80. The Kier molecular flexibility index (Phi) is 5.83. The fourth-order valence-corrected chi connectivity index (χ4v) is 3.33. The second-order valence-electron chi connectivity index (χ2n) is 6.23. The largest absolute Gasteiger partial charge is 0.391 e. The summed E-state index contributed by atoms with van der Waals surface area (Å²) in [5, 5.41) is 17.3. The lowest BCUT2D eigenvalue weighted by Crippen LogP contribution is -2.40. The van der Waals surface area contributed by atoms with Gasteiger partial charge in [0.1, 0.15) is 5.76 Å². The summed E-state index contributed by atoms with van der Waals surface area (Å²) < 4.78 is 5.21. The number of β-amino-alcohol motifs (C(OH)–C–C–N with tert-alkyl or cyclic N) is 1. The number of carbonyl (C=O) groups is 1. The van der Waals surface area contributed by atoms with Gasteiger partial charge in [0.25, 0.3) is 0 Å². The Bertz CT molecular complexity index is 502. The third-order valence-electron chi connectivity index (χ3n) is 4.55. The second kappa shape index (κ2) is 7.44. The van der Waals surface area contributed by atoms with Crippen molar-refractivity contribution in [1.29, 1.82) is 0 Å². The molecule has 2 N–H and O–H groups in total. The number of aromatic nitrogens is 1. The molecule has 0 aromatic carbocycles. The molecule has 0 unspecified atom stereocenters. The van der Waals surface area contributed by atoms with E-state index in [1.807, 2.05) is 17.9 Å². The number of nitrogens with zero attached hydrogens (tertiary/aromatic N) is 2. The number of amides is 1. The van der Waals surface area contributed by atoms with E-state index < -0.39 is 6.10 Å². The summed E-state index contributed by atoms with van der Waals surface area (Å²) in [6.07, 6.45) is 1.97. The number of carbonyl (C=O) groups excluding carboxylic acids is 1. The maximum absolute atomic E-state index is 12.5. The van der Waals surface area contributed by atoms with Crippen molar-refractivity contribution in [2.24, 2.45) is 11.8 Å². The fourth-order valence-electron chi connectivity index (χ4n) is 3.33. The number of aliphatic hydroxyl groups excluding tert-OH is 1. The highest BCUT2D eigenvalue weighted by atomic mass is 35.5. The average Bonchev–Trinajstić information content (AvgIpc) is 3.06. The molecular formula is C15H24ClN3O3. The lowest BCUT2D eigenvalue weighted by Gasteiger charge is -2.26. The van der Waals surface area contributed by atoms with Crippen molar-refractivity contribution in [2.75, 3.05) is 26.2 Å². The summed E-state index contributed by atoms with van der Waals surface area (Å²) in [5.41, 5.74) is 0.847. The van der Waals surface area contributed by atoms with Crippen LogP contribution in [-0.4, -0.2) is 53.4 Å². The summed E-state index contributed by atoms with van der Waals surface area (Å²) >= 11 is 0. The topological polar surface area (TPSA) is 78.6 Å². The molecule has 2 saturated heterocycles. The molecule has 2 atom stereocenters. The standard InChI is InChI=1S/C15H23N3O3.ClH/c1-10-6-13(21-17-10)7-12-8-18(9-14(12)19)15(20)11-2-4-16-5-3-11;/h6,11-12,14,16,19H,2-5,7-9H2,1H3;1H/t12-,14+;/m1./s1. The van der Waals surface area contributed by atoms with Crippen LogP contribution in [-0.2, 0) is 11.2 Å². The van der Waals surface area contributed by atoms with Gasteiger partial charge in [-0.05, 0) is 32.9 Å². The van der Waals surface area contributed by atoms with Crippen LogP contribution < -0.4 is 5.32 Å². The fraction of sp³-hybridized carbons (Fsp3) is 0.733. The Hall–Kier alpha value is -1.11. The molecule has 22 heavy (non-hydrogen) atoms. The van der Waals surface area contributed by atoms with E-state index in [-0.39, 0.29) is 30.2 Å². The van der Waals surface area contributed by atoms with Crippen molar-refractivity contribution < 1.29 is 14.4 Å². The minimum Gasteiger partial charge on any atom is -0.391 e. The number of aliphatic hydroxyl groups is 1. The van der Waals surface area contributed by atoms with Gasteiger partial charge in [-0.1, -0.05) is 5.16 Å². The number of hydrogen-bond acceptors (Lipinski definition) is 5. The van der Waals surface area contributed by atoms with E-state index in [0.29, 0.717) is 19.5 Å². The van der Waals surface area contributed by atoms with Crippen molar-refractivity contribution >= 4 is 18.3 Å². The predicted molar refractivity (Wildman–Crippen MR) is 83.9 cm³/mol. The molecule has 2 aliphatic rings. The van der Waals surface area contributed by atoms with Gasteiger partial charge in [-0.25, -0.2) is 0 Å². The van der Waals surface area contributed by atoms with Gasteiger partial charge in [-0.15, -0.1) is 12.4 Å². The molecule has 0 aliphatic carbocycles. The van der Waals surface area contributed by atoms with E-state index in [9.17, 15) is 9.90 Å². The quantitative estimate of drug-likeness (QED) is 0.856. The molecule has 1 aromatic rings. The Labute approximate surface area is 136 Å². The third-order valence-corrected chi connectivity index (χ3v) is 4.55. The van der Waals surface area contributed by atoms with Crippen LogP contribution in [0, 0.1) is 18.8 Å². The maximum atomic E-state index is 12.5. The van der Waals surface area contributed by atoms with Crippen molar-refractivity contribution in [3.05, 3.63) is 17.5 Å². The highest BCUT2D eigenvalue weighted by molar-refractivity contribution is 5.85. The summed E-state index contributed by atoms with van der Waals surface area (Å²) in [6.45, 7) is 4.76. The molecule has 0 radical (unpaired) electrons. The highest BCUT2D eigenvalue weighted by Gasteiger charge is 2.37. The molecule has 3 rings (SSSR count). The van der Waals surface area contributed by atoms with Crippen LogP contribution >= 0.6 is 12.4 Å². The van der Waals surface area contributed by atoms with Gasteiger partial charge < -0.3 is 19.8 Å². The van der Waals surface area contributed by atoms with Gasteiger partial charge in [-0.3, -0.25) is 4.79 Å². The van der Waals surface area contributed by atoms with Crippen molar-refractivity contribution in [1.82, 2.24) is 15.4 Å². The SMILES string of the molecule is Cc1cc(C[C@@H]2CN(C(=O)C3CCNCC3)C[C@@H]2O)on1.Cl. The zero-order valence-electron chi connectivity index (χ0n) is 12.8. The van der Waals surface area contributed by atoms with E-state index in [0.717, 1.165) is 37.4 Å². The summed E-state index contributed by atoms with van der Waals surface area (Å²) in [7, 11) is 0. The lowest BCUT2D eigenvalue weighted by atomic mass is 9.96. The second-order valence-corrected chi connectivity index (χ2v) is 6.23. The maximum Gasteiger partial charge on any atom is 0.225 e. The minimum atomic E-state index is -0.471. The molecule has 0 spiro atoms.